The van der Waals surface area contributed by atoms with Gasteiger partial charge in [-0.25, -0.2) is 9.97 Å². The van der Waals surface area contributed by atoms with Gasteiger partial charge in [0.25, 0.3) is 0 Å². The topological polar surface area (TPSA) is 87.9 Å². The van der Waals surface area contributed by atoms with E-state index in [0.717, 1.165) is 18.7 Å². The van der Waals surface area contributed by atoms with E-state index in [1.54, 1.807) is 0 Å². The highest BCUT2D eigenvalue weighted by Gasteiger charge is 2.06. The average Bonchev–Trinajstić information content (AvgIpc) is 2.46. The van der Waals surface area contributed by atoms with Crippen molar-refractivity contribution in [1.82, 2.24) is 9.97 Å². The van der Waals surface area contributed by atoms with E-state index in [2.05, 4.69) is 33.1 Å². The Bertz CT molecular complexity index is 514. The van der Waals surface area contributed by atoms with Gasteiger partial charge in [0.05, 0.1) is 5.69 Å². The Morgan fingerprint density at radius 2 is 1.79 bits per heavy atom. The maximum Gasteiger partial charge on any atom is 0.173 e. The van der Waals surface area contributed by atoms with Gasteiger partial charge in [0, 0.05) is 6.54 Å². The second kappa shape index (κ2) is 6.44. The molecule has 0 bridgehead atoms. The molecule has 0 aliphatic rings. The summed E-state index contributed by atoms with van der Waals surface area (Å²) in [6.45, 7) is 2.91. The number of hydrogen-bond acceptors (Lipinski definition) is 6. The zero-order chi connectivity index (χ0) is 13.5. The maximum absolute atomic E-state index is 6.00. The third-order valence-electron chi connectivity index (χ3n) is 2.53. The number of para-hydroxylation sites is 1. The number of nitrogens with zero attached hydrogens (tertiary/aromatic N) is 2. The van der Waals surface area contributed by atoms with Crippen LogP contribution in [0.15, 0.2) is 36.7 Å². The lowest BCUT2D eigenvalue weighted by atomic mass is 10.3. The molecule has 0 radical (unpaired) electrons. The van der Waals surface area contributed by atoms with Crippen LogP contribution in [0.25, 0.3) is 0 Å². The predicted octanol–water partition coefficient (Wildman–Crippen LogP) is 2.32. The SMILES string of the molecule is CCCNc1ncnc(NNc2ccccc2)c1N. The summed E-state index contributed by atoms with van der Waals surface area (Å²) in [6, 6.07) is 9.74. The van der Waals surface area contributed by atoms with E-state index in [1.165, 1.54) is 6.33 Å². The molecular weight excluding hydrogens is 240 g/mol. The molecule has 0 fully saturated rings. The van der Waals surface area contributed by atoms with Crippen molar-refractivity contribution in [1.29, 1.82) is 0 Å². The Balaban J connectivity index is 2.04. The summed E-state index contributed by atoms with van der Waals surface area (Å²) in [5, 5.41) is 3.16. The van der Waals surface area contributed by atoms with E-state index >= 15 is 0 Å². The fourth-order valence-electron chi connectivity index (χ4n) is 1.53. The highest BCUT2D eigenvalue weighted by molar-refractivity contribution is 5.74. The Labute approximate surface area is 112 Å². The molecule has 0 aliphatic heterocycles. The molecule has 0 saturated carbocycles. The predicted molar refractivity (Wildman–Crippen MR) is 78.9 cm³/mol. The molecule has 5 N–H and O–H groups in total. The minimum absolute atomic E-state index is 0.499. The molecule has 0 amide bonds. The highest BCUT2D eigenvalue weighted by Crippen LogP contribution is 2.22. The number of aromatic nitrogens is 2. The molecule has 1 aromatic carbocycles. The molecule has 6 nitrogen and oxygen atoms in total. The van der Waals surface area contributed by atoms with Crippen molar-refractivity contribution in [3.63, 3.8) is 0 Å². The molecule has 0 atom stereocenters. The summed E-state index contributed by atoms with van der Waals surface area (Å²) in [5.74, 6) is 1.20. The molecule has 100 valence electrons. The van der Waals surface area contributed by atoms with Gasteiger partial charge in [0.1, 0.15) is 12.0 Å². The Kier molecular flexibility index (Phi) is 4.39. The summed E-state index contributed by atoms with van der Waals surface area (Å²) in [5.41, 5.74) is 13.4. The summed E-state index contributed by atoms with van der Waals surface area (Å²) >= 11 is 0. The summed E-state index contributed by atoms with van der Waals surface area (Å²) in [6.07, 6.45) is 2.48. The van der Waals surface area contributed by atoms with Gasteiger partial charge in [0.2, 0.25) is 0 Å². The van der Waals surface area contributed by atoms with Gasteiger partial charge in [-0.1, -0.05) is 25.1 Å². The van der Waals surface area contributed by atoms with Gasteiger partial charge in [-0.2, -0.15) is 0 Å². The minimum Gasteiger partial charge on any atom is -0.393 e. The summed E-state index contributed by atoms with van der Waals surface area (Å²) < 4.78 is 0. The summed E-state index contributed by atoms with van der Waals surface area (Å²) in [7, 11) is 0. The monoisotopic (exact) mass is 258 g/mol. The van der Waals surface area contributed by atoms with Crippen LogP contribution in [0.2, 0.25) is 0 Å². The van der Waals surface area contributed by atoms with Crippen molar-refractivity contribution < 1.29 is 0 Å². The van der Waals surface area contributed by atoms with Gasteiger partial charge in [0.15, 0.2) is 11.6 Å². The smallest absolute Gasteiger partial charge is 0.173 e. The Morgan fingerprint density at radius 3 is 2.53 bits per heavy atom. The van der Waals surface area contributed by atoms with Gasteiger partial charge in [-0.05, 0) is 18.6 Å². The lowest BCUT2D eigenvalue weighted by Crippen LogP contribution is -2.14. The first-order chi connectivity index (χ1) is 9.31. The Morgan fingerprint density at radius 1 is 1.05 bits per heavy atom. The van der Waals surface area contributed by atoms with Crippen molar-refractivity contribution in [2.75, 3.05) is 28.4 Å². The lowest BCUT2D eigenvalue weighted by Gasteiger charge is -2.13. The van der Waals surface area contributed by atoms with Crippen LogP contribution in [0.1, 0.15) is 13.3 Å². The number of rotatable bonds is 6. The first-order valence-electron chi connectivity index (χ1n) is 6.22. The zero-order valence-corrected chi connectivity index (χ0v) is 10.9. The second-order valence-electron chi connectivity index (χ2n) is 4.03. The third-order valence-corrected chi connectivity index (χ3v) is 2.53. The molecule has 0 saturated heterocycles. The fraction of sp³-hybridized carbons (Fsp3) is 0.231. The van der Waals surface area contributed by atoms with E-state index < -0.39 is 0 Å². The number of anilines is 4. The molecule has 1 heterocycles. The molecule has 1 aromatic heterocycles. The van der Waals surface area contributed by atoms with Gasteiger partial charge < -0.3 is 11.1 Å². The van der Waals surface area contributed by atoms with Crippen molar-refractivity contribution in [2.24, 2.45) is 0 Å². The average molecular weight is 258 g/mol. The number of nitrogens with two attached hydrogens (primary N) is 1. The van der Waals surface area contributed by atoms with Crippen LogP contribution < -0.4 is 21.9 Å². The highest BCUT2D eigenvalue weighted by atomic mass is 15.4. The number of nitrogens with one attached hydrogen (secondary N) is 3. The van der Waals surface area contributed by atoms with Crippen LogP contribution in [-0.2, 0) is 0 Å². The molecular formula is C13H18N6. The molecule has 6 heteroatoms. The molecule has 0 spiro atoms. The van der Waals surface area contributed by atoms with E-state index in [9.17, 15) is 0 Å². The molecule has 0 unspecified atom stereocenters. The number of nitrogen functional groups attached to an aromatic ring is 1. The standard InChI is InChI=1S/C13H18N6/c1-2-8-15-12-11(14)13(17-9-16-12)19-18-10-6-4-3-5-7-10/h3-7,9,18H,2,8,14H2,1H3,(H2,15,16,17,19). The van der Waals surface area contributed by atoms with Gasteiger partial charge in [-0.15, -0.1) is 0 Å². The lowest BCUT2D eigenvalue weighted by molar-refractivity contribution is 0.966. The number of hydrazine groups is 1. The van der Waals surface area contributed by atoms with Gasteiger partial charge >= 0.3 is 0 Å². The molecule has 2 rings (SSSR count). The number of benzene rings is 1. The van der Waals surface area contributed by atoms with E-state index in [-0.39, 0.29) is 0 Å². The van der Waals surface area contributed by atoms with Crippen LogP contribution >= 0.6 is 0 Å². The third kappa shape index (κ3) is 3.48. The van der Waals surface area contributed by atoms with Crippen molar-refractivity contribution in [2.45, 2.75) is 13.3 Å². The van der Waals surface area contributed by atoms with Crippen LogP contribution in [-0.4, -0.2) is 16.5 Å². The minimum atomic E-state index is 0.499. The molecule has 0 aliphatic carbocycles. The molecule has 19 heavy (non-hydrogen) atoms. The van der Waals surface area contributed by atoms with Gasteiger partial charge in [-0.3, -0.25) is 10.9 Å². The first-order valence-corrected chi connectivity index (χ1v) is 6.22. The van der Waals surface area contributed by atoms with Crippen molar-refractivity contribution in [3.8, 4) is 0 Å². The zero-order valence-electron chi connectivity index (χ0n) is 10.9. The fourth-order valence-corrected chi connectivity index (χ4v) is 1.53. The largest absolute Gasteiger partial charge is 0.393 e. The normalized spacial score (nSPS) is 9.95. The van der Waals surface area contributed by atoms with E-state index in [1.807, 2.05) is 30.3 Å². The van der Waals surface area contributed by atoms with Crippen molar-refractivity contribution in [3.05, 3.63) is 36.7 Å². The first kappa shape index (κ1) is 12.9. The van der Waals surface area contributed by atoms with Crippen molar-refractivity contribution >= 4 is 23.0 Å². The Hall–Kier alpha value is -2.50. The van der Waals surface area contributed by atoms with Crippen LogP contribution in [0, 0.1) is 0 Å². The summed E-state index contributed by atoms with van der Waals surface area (Å²) in [4.78, 5) is 8.23. The van der Waals surface area contributed by atoms with E-state index in [4.69, 9.17) is 5.73 Å². The molecule has 2 aromatic rings. The van der Waals surface area contributed by atoms with Crippen LogP contribution in [0.4, 0.5) is 23.0 Å². The maximum atomic E-state index is 6.00. The van der Waals surface area contributed by atoms with E-state index in [0.29, 0.717) is 17.3 Å². The van der Waals surface area contributed by atoms with Crippen LogP contribution in [0.3, 0.4) is 0 Å². The quantitative estimate of drug-likeness (QED) is 0.595. The van der Waals surface area contributed by atoms with Crippen LogP contribution in [0.5, 0.6) is 0 Å². The number of hydrogen-bond donors (Lipinski definition) is 4. The second-order valence-corrected chi connectivity index (χ2v) is 4.03.